The maximum Gasteiger partial charge on any atom is 0.177 e. The average Bonchev–Trinajstić information content (AvgIpc) is 2.96. The van der Waals surface area contributed by atoms with Gasteiger partial charge in [-0.1, -0.05) is 25.1 Å². The Morgan fingerprint density at radius 2 is 2.10 bits per heavy atom. The Bertz CT molecular complexity index is 934. The molecule has 0 unspecified atom stereocenters. The van der Waals surface area contributed by atoms with Gasteiger partial charge in [-0.3, -0.25) is 4.98 Å². The first-order chi connectivity index (χ1) is 10.3. The van der Waals surface area contributed by atoms with E-state index in [-0.39, 0.29) is 0 Å². The van der Waals surface area contributed by atoms with Crippen LogP contribution in [0, 0.1) is 0 Å². The van der Waals surface area contributed by atoms with Gasteiger partial charge in [0.25, 0.3) is 0 Å². The molecular weight excluding hydrogens is 260 g/mol. The van der Waals surface area contributed by atoms with Crippen LogP contribution in [-0.2, 0) is 6.42 Å². The van der Waals surface area contributed by atoms with Crippen molar-refractivity contribution in [3.8, 4) is 11.1 Å². The normalized spacial score (nSPS) is 11.3. The predicted molar refractivity (Wildman–Crippen MR) is 84.0 cm³/mol. The van der Waals surface area contributed by atoms with Crippen LogP contribution in [0.5, 0.6) is 0 Å². The Kier molecular flexibility index (Phi) is 2.67. The molecule has 4 heteroatoms. The summed E-state index contributed by atoms with van der Waals surface area (Å²) in [5.74, 6) is 0.969. The summed E-state index contributed by atoms with van der Waals surface area (Å²) in [5.41, 5.74) is 4.01. The van der Waals surface area contributed by atoms with E-state index in [9.17, 15) is 0 Å². The van der Waals surface area contributed by atoms with Crippen molar-refractivity contribution in [1.82, 2.24) is 19.9 Å². The first-order valence-corrected chi connectivity index (χ1v) is 7.03. The van der Waals surface area contributed by atoms with Gasteiger partial charge < -0.3 is 4.98 Å². The summed E-state index contributed by atoms with van der Waals surface area (Å²) in [6.07, 6.45) is 6.48. The second kappa shape index (κ2) is 4.66. The number of nitrogens with zero attached hydrogens (tertiary/aromatic N) is 3. The lowest BCUT2D eigenvalue weighted by Gasteiger charge is -2.05. The van der Waals surface area contributed by atoms with Crippen LogP contribution >= 0.6 is 0 Å². The topological polar surface area (TPSA) is 54.5 Å². The highest BCUT2D eigenvalue weighted by molar-refractivity contribution is 5.97. The smallest absolute Gasteiger partial charge is 0.177 e. The summed E-state index contributed by atoms with van der Waals surface area (Å²) in [4.78, 5) is 16.4. The maximum atomic E-state index is 4.47. The van der Waals surface area contributed by atoms with Gasteiger partial charge in [0.05, 0.1) is 5.52 Å². The van der Waals surface area contributed by atoms with Crippen molar-refractivity contribution in [2.24, 2.45) is 0 Å². The molecule has 4 rings (SSSR count). The van der Waals surface area contributed by atoms with Gasteiger partial charge in [-0.15, -0.1) is 0 Å². The van der Waals surface area contributed by atoms with Crippen LogP contribution in [0.4, 0.5) is 0 Å². The van der Waals surface area contributed by atoms with Crippen molar-refractivity contribution in [1.29, 1.82) is 0 Å². The molecule has 1 aromatic carbocycles. The zero-order valence-electron chi connectivity index (χ0n) is 11.7. The standard InChI is InChI=1S/C17H14N4/c1-2-16-20-15-8-12(10-19-17(15)21-16)13-5-3-4-11-9-18-7-6-14(11)13/h3-10H,2H2,1H3,(H,19,20,21). The van der Waals surface area contributed by atoms with Gasteiger partial charge in [-0.2, -0.15) is 0 Å². The number of H-pyrrole nitrogens is 1. The zero-order valence-corrected chi connectivity index (χ0v) is 11.7. The Balaban J connectivity index is 1.95. The third kappa shape index (κ3) is 1.96. The van der Waals surface area contributed by atoms with Gasteiger partial charge in [0.15, 0.2) is 5.65 Å². The van der Waals surface area contributed by atoms with Gasteiger partial charge in [0.2, 0.25) is 0 Å². The number of aromatic amines is 1. The molecule has 0 aliphatic carbocycles. The summed E-state index contributed by atoms with van der Waals surface area (Å²) in [7, 11) is 0. The fraction of sp³-hybridized carbons (Fsp3) is 0.118. The summed E-state index contributed by atoms with van der Waals surface area (Å²) in [6.45, 7) is 2.08. The van der Waals surface area contributed by atoms with Crippen LogP contribution in [-0.4, -0.2) is 19.9 Å². The molecular formula is C17H14N4. The van der Waals surface area contributed by atoms with Crippen LogP contribution in [0.25, 0.3) is 33.1 Å². The Morgan fingerprint density at radius 1 is 1.14 bits per heavy atom. The number of benzene rings is 1. The molecule has 0 aliphatic heterocycles. The van der Waals surface area contributed by atoms with E-state index in [1.807, 2.05) is 30.7 Å². The SMILES string of the molecule is CCc1nc2ncc(-c3cccc4cnccc34)cc2[nH]1. The highest BCUT2D eigenvalue weighted by Gasteiger charge is 2.07. The minimum absolute atomic E-state index is 0.775. The van der Waals surface area contributed by atoms with Crippen LogP contribution in [0.2, 0.25) is 0 Å². The molecule has 0 atom stereocenters. The zero-order chi connectivity index (χ0) is 14.2. The predicted octanol–water partition coefficient (Wildman–Crippen LogP) is 3.74. The molecule has 102 valence electrons. The molecule has 0 bridgehead atoms. The fourth-order valence-electron chi connectivity index (χ4n) is 2.64. The highest BCUT2D eigenvalue weighted by Crippen LogP contribution is 2.28. The van der Waals surface area contributed by atoms with E-state index in [0.29, 0.717) is 0 Å². The molecule has 3 heterocycles. The first-order valence-electron chi connectivity index (χ1n) is 7.03. The summed E-state index contributed by atoms with van der Waals surface area (Å²) in [5, 5.41) is 2.32. The fourth-order valence-corrected chi connectivity index (χ4v) is 2.64. The molecule has 0 saturated carbocycles. The monoisotopic (exact) mass is 274 g/mol. The van der Waals surface area contributed by atoms with Crippen LogP contribution in [0.15, 0.2) is 48.9 Å². The number of hydrogen-bond donors (Lipinski definition) is 1. The molecule has 0 fully saturated rings. The summed E-state index contributed by atoms with van der Waals surface area (Å²) in [6, 6.07) is 10.4. The third-order valence-corrected chi connectivity index (χ3v) is 3.71. The number of aromatic nitrogens is 4. The van der Waals surface area contributed by atoms with Crippen molar-refractivity contribution in [3.05, 3.63) is 54.7 Å². The van der Waals surface area contributed by atoms with Crippen molar-refractivity contribution >= 4 is 21.9 Å². The van der Waals surface area contributed by atoms with Crippen LogP contribution in [0.3, 0.4) is 0 Å². The van der Waals surface area contributed by atoms with Crippen molar-refractivity contribution in [2.45, 2.75) is 13.3 Å². The van der Waals surface area contributed by atoms with Gasteiger partial charge in [-0.05, 0) is 23.1 Å². The van der Waals surface area contributed by atoms with E-state index in [0.717, 1.165) is 39.9 Å². The molecule has 21 heavy (non-hydrogen) atoms. The largest absolute Gasteiger partial charge is 0.341 e. The number of nitrogens with one attached hydrogen (secondary N) is 1. The van der Waals surface area contributed by atoms with Crippen LogP contribution < -0.4 is 0 Å². The van der Waals surface area contributed by atoms with Gasteiger partial charge in [0.1, 0.15) is 5.82 Å². The molecule has 4 nitrogen and oxygen atoms in total. The van der Waals surface area contributed by atoms with Gasteiger partial charge in [0, 0.05) is 36.0 Å². The van der Waals surface area contributed by atoms with E-state index >= 15 is 0 Å². The first kappa shape index (κ1) is 12.0. The molecule has 3 aromatic heterocycles. The number of aryl methyl sites for hydroxylation is 1. The lowest BCUT2D eigenvalue weighted by atomic mass is 10.0. The minimum atomic E-state index is 0.775. The Morgan fingerprint density at radius 3 is 3.00 bits per heavy atom. The molecule has 0 amide bonds. The van der Waals surface area contributed by atoms with E-state index in [2.05, 4.69) is 45.1 Å². The number of hydrogen-bond acceptors (Lipinski definition) is 3. The lowest BCUT2D eigenvalue weighted by Crippen LogP contribution is -1.85. The highest BCUT2D eigenvalue weighted by atomic mass is 15.0. The van der Waals surface area contributed by atoms with Gasteiger partial charge in [-0.25, -0.2) is 9.97 Å². The van der Waals surface area contributed by atoms with Gasteiger partial charge >= 0.3 is 0 Å². The molecule has 4 aromatic rings. The Hall–Kier alpha value is -2.75. The van der Waals surface area contributed by atoms with Crippen molar-refractivity contribution in [3.63, 3.8) is 0 Å². The quantitative estimate of drug-likeness (QED) is 0.606. The Labute approximate surface area is 121 Å². The summed E-state index contributed by atoms with van der Waals surface area (Å²) >= 11 is 0. The average molecular weight is 274 g/mol. The maximum absolute atomic E-state index is 4.47. The van der Waals surface area contributed by atoms with E-state index in [1.54, 1.807) is 0 Å². The lowest BCUT2D eigenvalue weighted by molar-refractivity contribution is 0.997. The number of rotatable bonds is 2. The molecule has 0 spiro atoms. The van der Waals surface area contributed by atoms with E-state index in [4.69, 9.17) is 0 Å². The van der Waals surface area contributed by atoms with Crippen LogP contribution in [0.1, 0.15) is 12.7 Å². The summed E-state index contributed by atoms with van der Waals surface area (Å²) < 4.78 is 0. The van der Waals surface area contributed by atoms with Crippen molar-refractivity contribution < 1.29 is 0 Å². The van der Waals surface area contributed by atoms with E-state index in [1.165, 1.54) is 5.39 Å². The third-order valence-electron chi connectivity index (χ3n) is 3.71. The molecule has 1 N–H and O–H groups in total. The molecule has 0 aliphatic rings. The number of fused-ring (bicyclic) bond motifs is 2. The molecule has 0 saturated heterocycles. The minimum Gasteiger partial charge on any atom is -0.341 e. The number of imidazole rings is 1. The second-order valence-corrected chi connectivity index (χ2v) is 5.03. The number of pyridine rings is 2. The second-order valence-electron chi connectivity index (χ2n) is 5.03. The van der Waals surface area contributed by atoms with E-state index < -0.39 is 0 Å². The van der Waals surface area contributed by atoms with Crippen molar-refractivity contribution in [2.75, 3.05) is 0 Å². The molecule has 0 radical (unpaired) electrons.